The summed E-state index contributed by atoms with van der Waals surface area (Å²) in [6.07, 6.45) is 14.7. The van der Waals surface area contributed by atoms with Gasteiger partial charge in [0, 0.05) is 0 Å². The molecule has 15 heteroatoms. The Kier molecular flexibility index (Phi) is 13.4. The molecule has 0 fully saturated rings. The van der Waals surface area contributed by atoms with Crippen molar-refractivity contribution in [2.24, 2.45) is 11.8 Å². The molecule has 2 unspecified atom stereocenters. The van der Waals surface area contributed by atoms with Gasteiger partial charge in [-0.2, -0.15) is 26.3 Å². The number of alkyl halides is 6. The van der Waals surface area contributed by atoms with Gasteiger partial charge in [0.1, 0.15) is 0 Å². The Labute approximate surface area is 213 Å². The number of halogens is 6. The van der Waals surface area contributed by atoms with Crippen LogP contribution in [-0.4, -0.2) is 37.0 Å². The van der Waals surface area contributed by atoms with Gasteiger partial charge in [0.05, 0.1) is 0 Å². The molecule has 0 aliphatic heterocycles. The maximum atomic E-state index is 10.7. The zero-order valence-electron chi connectivity index (χ0n) is 19.3. The number of allylic oxidation sites excluding steroid dienone is 8. The minimum absolute atomic E-state index is 0.516. The van der Waals surface area contributed by atoms with Gasteiger partial charge in [0.15, 0.2) is 20.2 Å². The van der Waals surface area contributed by atoms with Crippen LogP contribution in [0.4, 0.5) is 26.3 Å². The van der Waals surface area contributed by atoms with E-state index in [1.807, 2.05) is 6.56 Å². The van der Waals surface area contributed by atoms with Gasteiger partial charge in [-0.05, 0) is 0 Å². The molecule has 2 atom stereocenters. The third-order valence-corrected chi connectivity index (χ3v) is 10.1. The molecule has 0 aromatic heterocycles. The summed E-state index contributed by atoms with van der Waals surface area (Å²) in [6, 6.07) is 0. The van der Waals surface area contributed by atoms with Crippen molar-refractivity contribution in [1.29, 1.82) is 0 Å². The Morgan fingerprint density at radius 2 is 1.03 bits per heavy atom. The van der Waals surface area contributed by atoms with Gasteiger partial charge < -0.3 is 9.11 Å². The summed E-state index contributed by atoms with van der Waals surface area (Å²) in [5.41, 5.74) is -7.91. The van der Waals surface area contributed by atoms with Crippen LogP contribution in [0.15, 0.2) is 42.0 Å². The van der Waals surface area contributed by atoms with Crippen LogP contribution in [0.1, 0.15) is 53.4 Å². The first-order chi connectivity index (χ1) is 15.7. The number of rotatable bonds is 6. The fraction of sp³-hybridized carbons (Fsp3) is 0.600. The first-order valence-electron chi connectivity index (χ1n) is 10.3. The maximum absolute atomic E-state index is 10.7. The molecule has 0 saturated heterocycles. The molecule has 0 spiro atoms. The summed E-state index contributed by atoms with van der Waals surface area (Å²) in [4.78, 5) is 0. The summed E-state index contributed by atoms with van der Waals surface area (Å²) >= 11 is -0.516. The molecule has 0 aromatic rings. The summed E-state index contributed by atoms with van der Waals surface area (Å²) in [7, 11) is -12.2. The number of hydrogen-bond donors (Lipinski definition) is 0. The Morgan fingerprint density at radius 1 is 0.771 bits per heavy atom. The quantitative estimate of drug-likeness (QED) is 0.211. The Hall–Kier alpha value is -0.757. The molecule has 2 aliphatic carbocycles. The molecule has 200 valence electrons. The van der Waals surface area contributed by atoms with Crippen LogP contribution in [-0.2, 0) is 43.5 Å². The molecule has 0 saturated carbocycles. The fourth-order valence-corrected chi connectivity index (χ4v) is 7.14. The van der Waals surface area contributed by atoms with E-state index in [0.717, 1.165) is 11.8 Å². The zero-order valence-corrected chi connectivity index (χ0v) is 23.4. The fourth-order valence-electron chi connectivity index (χ4n) is 2.84. The molecule has 2 aliphatic rings. The largest absolute Gasteiger partial charge is 0.741 e. The van der Waals surface area contributed by atoms with Crippen LogP contribution < -0.4 is 0 Å². The first-order valence-corrected chi connectivity index (χ1v) is 15.5. The summed E-state index contributed by atoms with van der Waals surface area (Å²) < 4.78 is 121. The van der Waals surface area contributed by atoms with E-state index in [0.29, 0.717) is 0 Å². The van der Waals surface area contributed by atoms with Crippen molar-refractivity contribution in [2.75, 3.05) is 0 Å². The molecule has 0 heterocycles. The van der Waals surface area contributed by atoms with Crippen molar-refractivity contribution in [1.82, 2.24) is 0 Å². The van der Waals surface area contributed by atoms with E-state index < -0.39 is 54.5 Å². The Bertz CT molecular complexity index is 971. The standard InChI is InChI=1S/2C9H13.2CHF3O3S.Zr/c2*1-3-8(2)9-6-4-5-7-9;2*2-1(3,4)8(5,6)7;/h2*4,6,8H,3,5H2,1-2H3;2*(H,5,6,7);/q;;;;+2/p-2. The predicted octanol–water partition coefficient (Wildman–Crippen LogP) is 5.69. The number of hydrogen-bond acceptors (Lipinski definition) is 6. The Balaban J connectivity index is 0.000000601. The van der Waals surface area contributed by atoms with Crippen LogP contribution in [0.25, 0.3) is 0 Å². The molecule has 0 amide bonds. The van der Waals surface area contributed by atoms with Gasteiger partial charge in [0.2, 0.25) is 0 Å². The van der Waals surface area contributed by atoms with Gasteiger partial charge in [-0.3, -0.25) is 0 Å². The second kappa shape index (κ2) is 13.7. The molecule has 0 bridgehead atoms. The van der Waals surface area contributed by atoms with Crippen molar-refractivity contribution in [2.45, 2.75) is 64.4 Å². The molecule has 0 N–H and O–H groups in total. The molecule has 0 radical (unpaired) electrons. The predicted molar refractivity (Wildman–Crippen MR) is 112 cm³/mol. The topological polar surface area (TPSA) is 114 Å². The third kappa shape index (κ3) is 11.4. The minimum Gasteiger partial charge on any atom is -0.741 e. The van der Waals surface area contributed by atoms with Gasteiger partial charge in [0.25, 0.3) is 0 Å². The van der Waals surface area contributed by atoms with E-state index in [-0.39, 0.29) is 0 Å². The van der Waals surface area contributed by atoms with Crippen molar-refractivity contribution < 1.29 is 75.5 Å². The second-order valence-electron chi connectivity index (χ2n) is 7.62. The zero-order chi connectivity index (χ0) is 27.8. The van der Waals surface area contributed by atoms with Crippen LogP contribution in [0.2, 0.25) is 0 Å². The van der Waals surface area contributed by atoms with Crippen LogP contribution >= 0.6 is 0 Å². The van der Waals surface area contributed by atoms with Gasteiger partial charge in [-0.15, -0.1) is 0 Å². The van der Waals surface area contributed by atoms with E-state index in [2.05, 4.69) is 52.0 Å². The van der Waals surface area contributed by atoms with Crippen molar-refractivity contribution in [3.63, 3.8) is 0 Å². The summed E-state index contributed by atoms with van der Waals surface area (Å²) in [5.74, 6) is 1.52. The monoisotopic (exact) mass is 630 g/mol. The first kappa shape index (κ1) is 34.2. The smallest absolute Gasteiger partial charge is 0.485 e. The van der Waals surface area contributed by atoms with Gasteiger partial charge in [-0.1, -0.05) is 0 Å². The van der Waals surface area contributed by atoms with E-state index in [1.54, 1.807) is 11.1 Å². The summed E-state index contributed by atoms with van der Waals surface area (Å²) in [5, 5.41) is 0. The summed E-state index contributed by atoms with van der Waals surface area (Å²) in [6.45, 7) is 9.41. The van der Waals surface area contributed by atoms with E-state index in [4.69, 9.17) is 25.9 Å². The van der Waals surface area contributed by atoms with Crippen molar-refractivity contribution in [3.05, 3.63) is 42.0 Å². The van der Waals surface area contributed by atoms with Crippen molar-refractivity contribution in [3.8, 4) is 0 Å². The van der Waals surface area contributed by atoms with Crippen LogP contribution in [0.5, 0.6) is 0 Å². The average molecular weight is 632 g/mol. The van der Waals surface area contributed by atoms with Crippen LogP contribution in [0, 0.1) is 11.8 Å². The second-order valence-corrected chi connectivity index (χ2v) is 13.9. The minimum atomic E-state index is -6.09. The van der Waals surface area contributed by atoms with Gasteiger partial charge in [-0.25, -0.2) is 16.8 Å². The molecule has 2 rings (SSSR count). The van der Waals surface area contributed by atoms with Gasteiger partial charge >= 0.3 is 141 Å². The average Bonchev–Trinajstić information content (AvgIpc) is 3.34. The van der Waals surface area contributed by atoms with Crippen LogP contribution in [0.3, 0.4) is 0 Å². The van der Waals surface area contributed by atoms with E-state index in [9.17, 15) is 26.3 Å². The SMILES string of the molecule is CCC(C)C1=[C]([Zr+2][C]2=C(C(C)CC)C=CC2)CC=C1.O=S(=O)([O-])C(F)(F)F.O=S(=O)([O-])C(F)(F)F. The van der Waals surface area contributed by atoms with E-state index in [1.165, 1.54) is 25.7 Å². The normalized spacial score (nSPS) is 17.9. The molecule has 35 heavy (non-hydrogen) atoms. The maximum Gasteiger partial charge on any atom is 0.485 e. The molecule has 6 nitrogen and oxygen atoms in total. The molecular formula is C20H26F6O6S2Zr. The molecule has 0 aromatic carbocycles. The molecular weight excluding hydrogens is 606 g/mol. The third-order valence-electron chi connectivity index (χ3n) is 5.09. The van der Waals surface area contributed by atoms with Crippen molar-refractivity contribution >= 4 is 20.2 Å². The Morgan fingerprint density at radius 3 is 1.23 bits per heavy atom. The van der Waals surface area contributed by atoms with E-state index >= 15 is 0 Å².